The fourth-order valence-electron chi connectivity index (χ4n) is 2.62. The standard InChI is InChI=1S/C15H23N3O2S/c1-16-8-10-17(2)14(19)12-6-3-4-9-18(12)15(20)13-7-5-11-21-13/h5,7,11-12,16H,3-4,6,8-10H2,1-2H3. The zero-order valence-electron chi connectivity index (χ0n) is 12.7. The normalized spacial score (nSPS) is 18.6. The molecular formula is C15H23N3O2S. The molecule has 1 saturated heterocycles. The van der Waals surface area contributed by atoms with Crippen molar-refractivity contribution < 1.29 is 9.59 Å². The van der Waals surface area contributed by atoms with Crippen molar-refractivity contribution in [3.8, 4) is 0 Å². The van der Waals surface area contributed by atoms with Crippen molar-refractivity contribution in [3.05, 3.63) is 22.4 Å². The van der Waals surface area contributed by atoms with Crippen LogP contribution < -0.4 is 5.32 Å². The second kappa shape index (κ2) is 7.56. The van der Waals surface area contributed by atoms with E-state index in [1.807, 2.05) is 31.6 Å². The molecule has 0 radical (unpaired) electrons. The Morgan fingerprint density at radius 2 is 2.29 bits per heavy atom. The van der Waals surface area contributed by atoms with E-state index >= 15 is 0 Å². The predicted octanol–water partition coefficient (Wildman–Crippen LogP) is 1.42. The number of carbonyl (C=O) groups is 2. The molecule has 2 rings (SSSR count). The number of hydrogen-bond acceptors (Lipinski definition) is 4. The molecular weight excluding hydrogens is 286 g/mol. The minimum atomic E-state index is -0.310. The number of likely N-dealkylation sites (tertiary alicyclic amines) is 1. The van der Waals surface area contributed by atoms with E-state index in [9.17, 15) is 9.59 Å². The van der Waals surface area contributed by atoms with Crippen LogP contribution >= 0.6 is 11.3 Å². The maximum Gasteiger partial charge on any atom is 0.264 e. The van der Waals surface area contributed by atoms with Gasteiger partial charge in [-0.05, 0) is 37.8 Å². The van der Waals surface area contributed by atoms with E-state index < -0.39 is 0 Å². The molecule has 0 aromatic carbocycles. The minimum Gasteiger partial charge on any atom is -0.343 e. The molecule has 2 heterocycles. The van der Waals surface area contributed by atoms with E-state index in [-0.39, 0.29) is 17.9 Å². The average Bonchev–Trinajstić information content (AvgIpc) is 3.05. The van der Waals surface area contributed by atoms with Crippen LogP contribution in [-0.4, -0.2) is 61.4 Å². The van der Waals surface area contributed by atoms with Crippen LogP contribution in [0, 0.1) is 0 Å². The van der Waals surface area contributed by atoms with Crippen molar-refractivity contribution in [2.24, 2.45) is 0 Å². The fourth-order valence-corrected chi connectivity index (χ4v) is 3.30. The lowest BCUT2D eigenvalue weighted by Crippen LogP contribution is -2.52. The zero-order chi connectivity index (χ0) is 15.2. The van der Waals surface area contributed by atoms with Crippen LogP contribution in [0.1, 0.15) is 28.9 Å². The number of rotatable bonds is 5. The Kier molecular flexibility index (Phi) is 5.76. The zero-order valence-corrected chi connectivity index (χ0v) is 13.5. The van der Waals surface area contributed by atoms with Crippen molar-refractivity contribution in [2.75, 3.05) is 33.7 Å². The van der Waals surface area contributed by atoms with E-state index in [0.29, 0.717) is 18.0 Å². The number of hydrogen-bond donors (Lipinski definition) is 1. The number of likely N-dealkylation sites (N-methyl/N-ethyl adjacent to an activating group) is 2. The van der Waals surface area contributed by atoms with Gasteiger partial charge in [0.1, 0.15) is 6.04 Å². The van der Waals surface area contributed by atoms with Crippen LogP contribution in [0.15, 0.2) is 17.5 Å². The van der Waals surface area contributed by atoms with Gasteiger partial charge < -0.3 is 15.1 Å². The molecule has 1 aliphatic rings. The Hall–Kier alpha value is -1.40. The van der Waals surface area contributed by atoms with Crippen molar-refractivity contribution in [3.63, 3.8) is 0 Å². The number of nitrogens with one attached hydrogen (secondary N) is 1. The minimum absolute atomic E-state index is 0.00920. The first-order valence-electron chi connectivity index (χ1n) is 7.39. The molecule has 0 aliphatic carbocycles. The quantitative estimate of drug-likeness (QED) is 0.895. The van der Waals surface area contributed by atoms with Crippen LogP contribution in [0.5, 0.6) is 0 Å². The molecule has 116 valence electrons. The number of piperidine rings is 1. The molecule has 5 nitrogen and oxygen atoms in total. The summed E-state index contributed by atoms with van der Waals surface area (Å²) >= 11 is 1.43. The van der Waals surface area contributed by atoms with Crippen LogP contribution in [0.25, 0.3) is 0 Å². The lowest BCUT2D eigenvalue weighted by molar-refractivity contribution is -0.135. The Bertz CT molecular complexity index is 475. The largest absolute Gasteiger partial charge is 0.343 e. The molecule has 0 saturated carbocycles. The van der Waals surface area contributed by atoms with Gasteiger partial charge >= 0.3 is 0 Å². The third kappa shape index (κ3) is 3.83. The Morgan fingerprint density at radius 1 is 1.48 bits per heavy atom. The number of carbonyl (C=O) groups excluding carboxylic acids is 2. The summed E-state index contributed by atoms with van der Waals surface area (Å²) in [7, 11) is 3.67. The summed E-state index contributed by atoms with van der Waals surface area (Å²) in [5.74, 6) is 0.0416. The summed E-state index contributed by atoms with van der Waals surface area (Å²) < 4.78 is 0. The first kappa shape index (κ1) is 16.0. The molecule has 2 amide bonds. The molecule has 1 N–H and O–H groups in total. The summed E-state index contributed by atoms with van der Waals surface area (Å²) in [5, 5.41) is 4.94. The van der Waals surface area contributed by atoms with Gasteiger partial charge in [0.25, 0.3) is 5.91 Å². The molecule has 1 fully saturated rings. The van der Waals surface area contributed by atoms with Gasteiger partial charge in [0, 0.05) is 26.7 Å². The monoisotopic (exact) mass is 309 g/mol. The summed E-state index contributed by atoms with van der Waals surface area (Å²) in [5.41, 5.74) is 0. The summed E-state index contributed by atoms with van der Waals surface area (Å²) in [6, 6.07) is 3.39. The molecule has 0 bridgehead atoms. The van der Waals surface area contributed by atoms with Crippen molar-refractivity contribution in [2.45, 2.75) is 25.3 Å². The summed E-state index contributed by atoms with van der Waals surface area (Å²) in [6.07, 6.45) is 2.74. The highest BCUT2D eigenvalue weighted by atomic mass is 32.1. The lowest BCUT2D eigenvalue weighted by Gasteiger charge is -2.36. The summed E-state index contributed by atoms with van der Waals surface area (Å²) in [6.45, 7) is 2.09. The van der Waals surface area contributed by atoms with E-state index in [0.717, 1.165) is 25.8 Å². The third-order valence-electron chi connectivity index (χ3n) is 3.85. The third-order valence-corrected chi connectivity index (χ3v) is 4.71. The molecule has 1 aliphatic heterocycles. The Balaban J connectivity index is 2.08. The van der Waals surface area contributed by atoms with Gasteiger partial charge in [-0.2, -0.15) is 0 Å². The smallest absolute Gasteiger partial charge is 0.264 e. The van der Waals surface area contributed by atoms with E-state index in [4.69, 9.17) is 0 Å². The van der Waals surface area contributed by atoms with Gasteiger partial charge in [-0.3, -0.25) is 9.59 Å². The Labute approximate surface area is 129 Å². The lowest BCUT2D eigenvalue weighted by atomic mass is 10.0. The molecule has 1 atom stereocenters. The molecule has 0 spiro atoms. The van der Waals surface area contributed by atoms with Gasteiger partial charge in [0.15, 0.2) is 0 Å². The number of amides is 2. The van der Waals surface area contributed by atoms with E-state index in [2.05, 4.69) is 5.32 Å². The van der Waals surface area contributed by atoms with Gasteiger partial charge in [-0.25, -0.2) is 0 Å². The second-order valence-corrected chi connectivity index (χ2v) is 6.30. The van der Waals surface area contributed by atoms with Gasteiger partial charge in [-0.1, -0.05) is 6.07 Å². The second-order valence-electron chi connectivity index (χ2n) is 5.35. The SMILES string of the molecule is CNCCN(C)C(=O)C1CCCCN1C(=O)c1cccs1. The van der Waals surface area contributed by atoms with Gasteiger partial charge in [0.2, 0.25) is 5.91 Å². The maximum atomic E-state index is 12.6. The van der Waals surface area contributed by atoms with Crippen molar-refractivity contribution in [1.29, 1.82) is 0 Å². The molecule has 6 heteroatoms. The first-order chi connectivity index (χ1) is 10.1. The maximum absolute atomic E-state index is 12.6. The molecule has 1 unspecified atom stereocenters. The summed E-state index contributed by atoms with van der Waals surface area (Å²) in [4.78, 5) is 29.4. The fraction of sp³-hybridized carbons (Fsp3) is 0.600. The van der Waals surface area contributed by atoms with Crippen molar-refractivity contribution >= 4 is 23.2 Å². The van der Waals surface area contributed by atoms with E-state index in [1.54, 1.807) is 9.80 Å². The number of thiophene rings is 1. The van der Waals surface area contributed by atoms with E-state index in [1.165, 1.54) is 11.3 Å². The topological polar surface area (TPSA) is 52.7 Å². The van der Waals surface area contributed by atoms with Gasteiger partial charge in [-0.15, -0.1) is 11.3 Å². The highest BCUT2D eigenvalue weighted by Gasteiger charge is 2.34. The first-order valence-corrected chi connectivity index (χ1v) is 8.27. The average molecular weight is 309 g/mol. The molecule has 1 aromatic heterocycles. The van der Waals surface area contributed by atoms with Crippen LogP contribution in [0.2, 0.25) is 0 Å². The number of nitrogens with zero attached hydrogens (tertiary/aromatic N) is 2. The Morgan fingerprint density at radius 3 is 2.95 bits per heavy atom. The van der Waals surface area contributed by atoms with Crippen molar-refractivity contribution in [1.82, 2.24) is 15.1 Å². The highest BCUT2D eigenvalue weighted by molar-refractivity contribution is 7.12. The van der Waals surface area contributed by atoms with Crippen LogP contribution in [-0.2, 0) is 4.79 Å². The van der Waals surface area contributed by atoms with Gasteiger partial charge in [0.05, 0.1) is 4.88 Å². The van der Waals surface area contributed by atoms with Crippen LogP contribution in [0.4, 0.5) is 0 Å². The predicted molar refractivity (Wildman–Crippen MR) is 84.6 cm³/mol. The highest BCUT2D eigenvalue weighted by Crippen LogP contribution is 2.22. The molecule has 1 aromatic rings. The van der Waals surface area contributed by atoms with Crippen LogP contribution in [0.3, 0.4) is 0 Å². The molecule has 21 heavy (non-hydrogen) atoms.